The Hall–Kier alpha value is -2.43. The second-order valence-corrected chi connectivity index (χ2v) is 5.73. The van der Waals surface area contributed by atoms with Crippen molar-refractivity contribution >= 4 is 51.3 Å². The van der Waals surface area contributed by atoms with Gasteiger partial charge in [0.15, 0.2) is 0 Å². The van der Waals surface area contributed by atoms with Gasteiger partial charge < -0.3 is 5.32 Å². The van der Waals surface area contributed by atoms with E-state index in [1.54, 1.807) is 24.3 Å². The highest BCUT2D eigenvalue weighted by Gasteiger charge is 2.10. The van der Waals surface area contributed by atoms with Crippen LogP contribution < -0.4 is 10.6 Å². The van der Waals surface area contributed by atoms with Crippen molar-refractivity contribution in [2.45, 2.75) is 0 Å². The zero-order chi connectivity index (χ0) is 16.2. The second-order valence-electron chi connectivity index (χ2n) is 4.91. The number of halogens is 1. The zero-order valence-electron chi connectivity index (χ0n) is 12.0. The molecular formula is C18H13ClN2OS. The van der Waals surface area contributed by atoms with Crippen LogP contribution >= 0.6 is 23.8 Å². The Labute approximate surface area is 144 Å². The van der Waals surface area contributed by atoms with Gasteiger partial charge in [-0.3, -0.25) is 5.32 Å². The molecule has 0 bridgehead atoms. The Morgan fingerprint density at radius 1 is 0.913 bits per heavy atom. The number of para-hydroxylation sites is 1. The van der Waals surface area contributed by atoms with Crippen molar-refractivity contribution in [2.75, 3.05) is 5.32 Å². The number of nitrogens with one attached hydrogen (secondary N) is 2. The zero-order valence-corrected chi connectivity index (χ0v) is 13.6. The van der Waals surface area contributed by atoms with Crippen LogP contribution in [0, 0.1) is 0 Å². The van der Waals surface area contributed by atoms with Crippen molar-refractivity contribution in [3.63, 3.8) is 0 Å². The van der Waals surface area contributed by atoms with Crippen molar-refractivity contribution in [2.24, 2.45) is 0 Å². The van der Waals surface area contributed by atoms with Crippen molar-refractivity contribution < 1.29 is 4.79 Å². The third-order valence-corrected chi connectivity index (χ3v) is 4.03. The van der Waals surface area contributed by atoms with Gasteiger partial charge in [0.25, 0.3) is 0 Å². The van der Waals surface area contributed by atoms with E-state index in [1.165, 1.54) is 0 Å². The average molecular weight is 341 g/mol. The summed E-state index contributed by atoms with van der Waals surface area (Å²) >= 11 is 11.4. The van der Waals surface area contributed by atoms with Crippen molar-refractivity contribution in [3.8, 4) is 0 Å². The fourth-order valence-corrected chi connectivity index (χ4v) is 2.76. The van der Waals surface area contributed by atoms with Crippen LogP contribution in [0.2, 0.25) is 5.02 Å². The van der Waals surface area contributed by atoms with Gasteiger partial charge in [0, 0.05) is 5.56 Å². The topological polar surface area (TPSA) is 41.1 Å². The molecule has 114 valence electrons. The summed E-state index contributed by atoms with van der Waals surface area (Å²) in [6, 6.07) is 20.3. The van der Waals surface area contributed by atoms with E-state index < -0.39 is 6.03 Å². The Bertz CT molecular complexity index is 890. The Kier molecular flexibility index (Phi) is 4.55. The van der Waals surface area contributed by atoms with E-state index in [0.717, 1.165) is 16.3 Å². The lowest BCUT2D eigenvalue weighted by molar-refractivity contribution is 0.256. The Balaban J connectivity index is 1.78. The molecular weight excluding hydrogens is 328 g/mol. The molecule has 0 aliphatic heterocycles. The molecule has 0 aliphatic carbocycles. The van der Waals surface area contributed by atoms with Crippen LogP contribution in [0.1, 0.15) is 5.56 Å². The summed E-state index contributed by atoms with van der Waals surface area (Å²) in [5, 5.41) is 7.92. The van der Waals surface area contributed by atoms with Gasteiger partial charge in [-0.1, -0.05) is 78.4 Å². The molecule has 2 N–H and O–H groups in total. The lowest BCUT2D eigenvalue weighted by atomic mass is 10.0. The molecule has 0 heterocycles. The molecule has 0 atom stereocenters. The summed E-state index contributed by atoms with van der Waals surface area (Å²) in [7, 11) is 0. The van der Waals surface area contributed by atoms with Crippen LogP contribution in [0.15, 0.2) is 66.7 Å². The van der Waals surface area contributed by atoms with E-state index in [9.17, 15) is 4.79 Å². The molecule has 0 spiro atoms. The van der Waals surface area contributed by atoms with E-state index in [2.05, 4.69) is 10.6 Å². The molecule has 23 heavy (non-hydrogen) atoms. The minimum absolute atomic E-state index is 0.367. The first-order valence-electron chi connectivity index (χ1n) is 7.00. The predicted octanol–water partition coefficient (Wildman–Crippen LogP) is 4.99. The van der Waals surface area contributed by atoms with E-state index in [0.29, 0.717) is 15.7 Å². The number of urea groups is 1. The molecule has 3 aromatic rings. The largest absolute Gasteiger partial charge is 0.324 e. The summed E-state index contributed by atoms with van der Waals surface area (Å²) in [4.78, 5) is 12.5. The van der Waals surface area contributed by atoms with Gasteiger partial charge in [0.2, 0.25) is 0 Å². The summed E-state index contributed by atoms with van der Waals surface area (Å²) in [6.45, 7) is 0. The number of anilines is 1. The molecule has 0 saturated heterocycles. The van der Waals surface area contributed by atoms with Gasteiger partial charge in [0.05, 0.1) is 10.7 Å². The number of thiocarbonyl (C=S) groups is 1. The minimum Gasteiger partial charge on any atom is -0.306 e. The monoisotopic (exact) mass is 340 g/mol. The summed E-state index contributed by atoms with van der Waals surface area (Å²) in [5.74, 6) is 0. The maximum absolute atomic E-state index is 12.1. The number of benzene rings is 3. The van der Waals surface area contributed by atoms with Crippen LogP contribution in [0.5, 0.6) is 0 Å². The summed E-state index contributed by atoms with van der Waals surface area (Å²) < 4.78 is 0. The molecule has 0 saturated carbocycles. The van der Waals surface area contributed by atoms with Crippen molar-refractivity contribution in [1.82, 2.24) is 5.32 Å². The van der Waals surface area contributed by atoms with E-state index in [4.69, 9.17) is 23.8 Å². The first-order valence-corrected chi connectivity index (χ1v) is 7.78. The second kappa shape index (κ2) is 6.77. The van der Waals surface area contributed by atoms with Gasteiger partial charge in [-0.05, 0) is 22.9 Å². The molecule has 3 rings (SSSR count). The predicted molar refractivity (Wildman–Crippen MR) is 99.3 cm³/mol. The molecule has 0 aromatic heterocycles. The lowest BCUT2D eigenvalue weighted by Gasteiger charge is -2.11. The maximum atomic E-state index is 12.1. The Morgan fingerprint density at radius 3 is 2.43 bits per heavy atom. The number of carbonyl (C=O) groups is 1. The average Bonchev–Trinajstić information content (AvgIpc) is 2.56. The first kappa shape index (κ1) is 15.5. The van der Waals surface area contributed by atoms with Crippen LogP contribution in [-0.2, 0) is 0 Å². The Morgan fingerprint density at radius 2 is 1.61 bits per heavy atom. The van der Waals surface area contributed by atoms with E-state index in [1.807, 2.05) is 42.5 Å². The molecule has 0 radical (unpaired) electrons. The maximum Gasteiger partial charge on any atom is 0.324 e. The van der Waals surface area contributed by atoms with Crippen LogP contribution in [0.4, 0.5) is 10.5 Å². The standard InChI is InChI=1S/C18H13ClN2OS/c19-15-10-3-4-11-16(15)20-18(22)21-17(23)14-9-5-7-12-6-1-2-8-13(12)14/h1-11H,(H2,20,21,22,23). The van der Waals surface area contributed by atoms with Gasteiger partial charge in [-0.15, -0.1) is 0 Å². The van der Waals surface area contributed by atoms with Crippen LogP contribution in [-0.4, -0.2) is 11.0 Å². The fraction of sp³-hybridized carbons (Fsp3) is 0. The molecule has 0 fully saturated rings. The van der Waals surface area contributed by atoms with Gasteiger partial charge in [0.1, 0.15) is 4.99 Å². The third-order valence-electron chi connectivity index (χ3n) is 3.38. The minimum atomic E-state index is -0.420. The number of fused-ring (bicyclic) bond motifs is 1. The van der Waals surface area contributed by atoms with Crippen LogP contribution in [0.25, 0.3) is 10.8 Å². The number of hydrogen-bond donors (Lipinski definition) is 2. The first-order chi connectivity index (χ1) is 11.1. The van der Waals surface area contributed by atoms with Gasteiger partial charge >= 0.3 is 6.03 Å². The number of amides is 2. The molecule has 3 aromatic carbocycles. The fourth-order valence-electron chi connectivity index (χ4n) is 2.31. The summed E-state index contributed by atoms with van der Waals surface area (Å²) in [6.07, 6.45) is 0. The SMILES string of the molecule is O=C(NC(=S)c1cccc2ccccc12)Nc1ccccc1Cl. The normalized spacial score (nSPS) is 10.3. The summed E-state index contributed by atoms with van der Waals surface area (Å²) in [5.41, 5.74) is 1.35. The van der Waals surface area contributed by atoms with E-state index >= 15 is 0 Å². The number of hydrogen-bond acceptors (Lipinski definition) is 2. The van der Waals surface area contributed by atoms with Crippen LogP contribution in [0.3, 0.4) is 0 Å². The molecule has 2 amide bonds. The number of carbonyl (C=O) groups excluding carboxylic acids is 1. The highest BCUT2D eigenvalue weighted by Crippen LogP contribution is 2.21. The van der Waals surface area contributed by atoms with Gasteiger partial charge in [-0.25, -0.2) is 4.79 Å². The number of rotatable bonds is 2. The van der Waals surface area contributed by atoms with Crippen molar-refractivity contribution in [3.05, 3.63) is 77.3 Å². The van der Waals surface area contributed by atoms with Crippen molar-refractivity contribution in [1.29, 1.82) is 0 Å². The highest BCUT2D eigenvalue weighted by molar-refractivity contribution is 7.80. The van der Waals surface area contributed by atoms with E-state index in [-0.39, 0.29) is 0 Å². The van der Waals surface area contributed by atoms with Gasteiger partial charge in [-0.2, -0.15) is 0 Å². The smallest absolute Gasteiger partial charge is 0.306 e. The molecule has 0 aliphatic rings. The molecule has 0 unspecified atom stereocenters. The molecule has 5 heteroatoms. The highest BCUT2D eigenvalue weighted by atomic mass is 35.5. The quantitative estimate of drug-likeness (QED) is 0.645. The third kappa shape index (κ3) is 3.50. The lowest BCUT2D eigenvalue weighted by Crippen LogP contribution is -2.33. The molecule has 3 nitrogen and oxygen atoms in total.